The summed E-state index contributed by atoms with van der Waals surface area (Å²) in [4.78, 5) is 11.6. The molecular formula is C13H11BrCl3NO. The van der Waals surface area contributed by atoms with E-state index in [1.807, 2.05) is 37.3 Å². The molecule has 1 unspecified atom stereocenters. The second-order valence-electron chi connectivity index (χ2n) is 4.68. The van der Waals surface area contributed by atoms with Crippen LogP contribution in [0.4, 0.5) is 0 Å². The monoisotopic (exact) mass is 381 g/mol. The maximum atomic E-state index is 11.6. The molecule has 6 heteroatoms. The first-order valence-electron chi connectivity index (χ1n) is 5.57. The summed E-state index contributed by atoms with van der Waals surface area (Å²) >= 11 is 20.0. The number of amides is 1. The number of alkyl halides is 3. The van der Waals surface area contributed by atoms with E-state index in [0.717, 1.165) is 22.0 Å². The maximum Gasteiger partial charge on any atom is 0.272 e. The quantitative estimate of drug-likeness (QED) is 0.750. The van der Waals surface area contributed by atoms with Gasteiger partial charge in [0.15, 0.2) is 0 Å². The summed E-state index contributed by atoms with van der Waals surface area (Å²) in [6.45, 7) is 1.91. The number of nitrogens with one attached hydrogen (secondary N) is 1. The Bertz CT molecular complexity index is 536. The first-order valence-corrected chi connectivity index (χ1v) is 7.49. The van der Waals surface area contributed by atoms with Gasteiger partial charge in [-0.3, -0.25) is 4.79 Å². The van der Waals surface area contributed by atoms with Crippen LogP contribution in [0.2, 0.25) is 0 Å². The Balaban J connectivity index is 2.06. The molecule has 0 aromatic heterocycles. The van der Waals surface area contributed by atoms with Crippen molar-refractivity contribution in [3.63, 3.8) is 0 Å². The molecule has 0 radical (unpaired) electrons. The van der Waals surface area contributed by atoms with E-state index in [1.165, 1.54) is 0 Å². The second kappa shape index (κ2) is 5.28. The Morgan fingerprint density at radius 2 is 1.95 bits per heavy atom. The molecule has 102 valence electrons. The Kier molecular flexibility index (Phi) is 4.22. The number of rotatable bonds is 2. The summed E-state index contributed by atoms with van der Waals surface area (Å²) < 4.78 is -0.897. The van der Waals surface area contributed by atoms with E-state index in [9.17, 15) is 4.79 Å². The van der Waals surface area contributed by atoms with E-state index in [4.69, 9.17) is 34.8 Å². The van der Waals surface area contributed by atoms with Gasteiger partial charge in [0.05, 0.1) is 5.54 Å². The van der Waals surface area contributed by atoms with E-state index in [-0.39, 0.29) is 0 Å². The van der Waals surface area contributed by atoms with Crippen molar-refractivity contribution in [2.24, 2.45) is 0 Å². The summed E-state index contributed by atoms with van der Waals surface area (Å²) in [6.07, 6.45) is 2.79. The third-order valence-electron chi connectivity index (χ3n) is 2.99. The van der Waals surface area contributed by atoms with Crippen molar-refractivity contribution in [1.29, 1.82) is 0 Å². The van der Waals surface area contributed by atoms with Crippen LogP contribution >= 0.6 is 50.7 Å². The fourth-order valence-electron chi connectivity index (χ4n) is 1.75. The van der Waals surface area contributed by atoms with Crippen LogP contribution in [0, 0.1) is 0 Å². The van der Waals surface area contributed by atoms with E-state index in [2.05, 4.69) is 21.2 Å². The molecular weight excluding hydrogens is 372 g/mol. The summed E-state index contributed by atoms with van der Waals surface area (Å²) in [5.41, 5.74) is 1.77. The van der Waals surface area contributed by atoms with Crippen LogP contribution in [0.5, 0.6) is 0 Å². The molecule has 1 saturated carbocycles. The van der Waals surface area contributed by atoms with Crippen molar-refractivity contribution in [1.82, 2.24) is 5.32 Å². The molecule has 1 aromatic carbocycles. The van der Waals surface area contributed by atoms with Crippen LogP contribution in [0.25, 0.3) is 6.08 Å². The molecule has 0 saturated heterocycles. The van der Waals surface area contributed by atoms with Crippen molar-refractivity contribution in [3.05, 3.63) is 39.9 Å². The van der Waals surface area contributed by atoms with Crippen molar-refractivity contribution >= 4 is 62.7 Å². The first-order chi connectivity index (χ1) is 8.71. The van der Waals surface area contributed by atoms with Gasteiger partial charge in [-0.2, -0.15) is 0 Å². The van der Waals surface area contributed by atoms with Crippen LogP contribution in [-0.2, 0) is 4.79 Å². The minimum Gasteiger partial charge on any atom is -0.343 e. The van der Waals surface area contributed by atoms with Crippen LogP contribution < -0.4 is 5.32 Å². The van der Waals surface area contributed by atoms with Gasteiger partial charge in [-0.25, -0.2) is 0 Å². The Morgan fingerprint density at radius 3 is 2.47 bits per heavy atom. The molecule has 1 aliphatic rings. The minimum absolute atomic E-state index is 0.409. The van der Waals surface area contributed by atoms with Gasteiger partial charge in [0.2, 0.25) is 0 Å². The second-order valence-corrected chi connectivity index (χ2v) is 7.88. The molecule has 2 rings (SSSR count). The van der Waals surface area contributed by atoms with Gasteiger partial charge < -0.3 is 5.32 Å². The highest BCUT2D eigenvalue weighted by molar-refractivity contribution is 9.10. The van der Waals surface area contributed by atoms with Gasteiger partial charge in [-0.1, -0.05) is 68.9 Å². The number of halogens is 4. The summed E-state index contributed by atoms with van der Waals surface area (Å²) in [7, 11) is 0. The van der Waals surface area contributed by atoms with Crippen LogP contribution in [0.15, 0.2) is 34.3 Å². The predicted molar refractivity (Wildman–Crippen MR) is 83.6 cm³/mol. The first kappa shape index (κ1) is 15.2. The molecule has 0 spiro atoms. The van der Waals surface area contributed by atoms with Crippen molar-refractivity contribution in [2.75, 3.05) is 0 Å². The lowest BCUT2D eigenvalue weighted by Gasteiger charge is -2.16. The number of benzene rings is 1. The molecule has 1 atom stereocenters. The highest BCUT2D eigenvalue weighted by Crippen LogP contribution is 2.44. The molecule has 0 bridgehead atoms. The lowest BCUT2D eigenvalue weighted by Crippen LogP contribution is -2.41. The summed E-state index contributed by atoms with van der Waals surface area (Å²) in [5.74, 6) is -0.598. The molecule has 0 aliphatic heterocycles. The standard InChI is InChI=1S/C13H11BrCl3NO/c1-12(18-11(19)13(15,16)17)7-9(12)6-8-2-4-10(14)5-3-8/h2-6H,7H2,1H3,(H,18,19)/b9-6-. The average molecular weight is 384 g/mol. The number of carbonyl (C=O) groups is 1. The van der Waals surface area contributed by atoms with E-state index >= 15 is 0 Å². The molecule has 2 nitrogen and oxygen atoms in total. The molecule has 1 N–H and O–H groups in total. The SMILES string of the molecule is CC1(NC(=O)C(Cl)(Cl)Cl)C/C1=C/c1ccc(Br)cc1. The van der Waals surface area contributed by atoms with Gasteiger partial charge in [-0.05, 0) is 36.6 Å². The fourth-order valence-corrected chi connectivity index (χ4v) is 2.16. The van der Waals surface area contributed by atoms with Crippen LogP contribution in [-0.4, -0.2) is 15.2 Å². The summed E-state index contributed by atoms with van der Waals surface area (Å²) in [6, 6.07) is 7.91. The van der Waals surface area contributed by atoms with Crippen molar-refractivity contribution in [2.45, 2.75) is 22.7 Å². The van der Waals surface area contributed by atoms with Gasteiger partial charge in [0.25, 0.3) is 9.70 Å². The molecule has 1 amide bonds. The van der Waals surface area contributed by atoms with E-state index < -0.39 is 15.2 Å². The third kappa shape index (κ3) is 3.88. The molecule has 0 heterocycles. The highest BCUT2D eigenvalue weighted by atomic mass is 79.9. The molecule has 1 aliphatic carbocycles. The lowest BCUT2D eigenvalue weighted by molar-refractivity contribution is -0.120. The van der Waals surface area contributed by atoms with Crippen molar-refractivity contribution < 1.29 is 4.79 Å². The predicted octanol–water partition coefficient (Wildman–Crippen LogP) is 4.48. The Hall–Kier alpha value is -0.220. The topological polar surface area (TPSA) is 29.1 Å². The van der Waals surface area contributed by atoms with Gasteiger partial charge >= 0.3 is 0 Å². The smallest absolute Gasteiger partial charge is 0.272 e. The number of hydrogen-bond donors (Lipinski definition) is 1. The van der Waals surface area contributed by atoms with Crippen LogP contribution in [0.1, 0.15) is 18.9 Å². The third-order valence-corrected chi connectivity index (χ3v) is 4.03. The zero-order valence-electron chi connectivity index (χ0n) is 10.0. The lowest BCUT2D eigenvalue weighted by atomic mass is 10.2. The van der Waals surface area contributed by atoms with Crippen LogP contribution in [0.3, 0.4) is 0 Å². The molecule has 19 heavy (non-hydrogen) atoms. The largest absolute Gasteiger partial charge is 0.343 e. The Labute approximate surface area is 135 Å². The van der Waals surface area contributed by atoms with Crippen molar-refractivity contribution in [3.8, 4) is 0 Å². The number of hydrogen-bond acceptors (Lipinski definition) is 1. The van der Waals surface area contributed by atoms with Gasteiger partial charge in [-0.15, -0.1) is 0 Å². The zero-order valence-corrected chi connectivity index (χ0v) is 13.9. The highest BCUT2D eigenvalue weighted by Gasteiger charge is 2.48. The maximum absolute atomic E-state index is 11.6. The van der Waals surface area contributed by atoms with E-state index in [0.29, 0.717) is 0 Å². The Morgan fingerprint density at radius 1 is 1.37 bits per heavy atom. The fraction of sp³-hybridized carbons (Fsp3) is 0.308. The zero-order chi connectivity index (χ0) is 14.3. The van der Waals surface area contributed by atoms with Gasteiger partial charge in [0, 0.05) is 4.47 Å². The molecule has 1 fully saturated rings. The minimum atomic E-state index is -1.92. The van der Waals surface area contributed by atoms with E-state index in [1.54, 1.807) is 0 Å². The molecule has 1 aromatic rings. The number of carbonyl (C=O) groups excluding carboxylic acids is 1. The van der Waals surface area contributed by atoms with Gasteiger partial charge in [0.1, 0.15) is 0 Å². The average Bonchev–Trinajstić information content (AvgIpc) is 2.91. The summed E-state index contributed by atoms with van der Waals surface area (Å²) in [5, 5.41) is 2.74. The normalized spacial score (nSPS) is 24.4.